The second kappa shape index (κ2) is 5.35. The number of ether oxygens (including phenoxy) is 1. The maximum absolute atomic E-state index is 12.7. The highest BCUT2D eigenvalue weighted by Crippen LogP contribution is 2.40. The molecule has 0 saturated carbocycles. The Hall–Kier alpha value is -1.85. The van der Waals surface area contributed by atoms with Crippen molar-refractivity contribution in [1.29, 1.82) is 0 Å². The minimum absolute atomic E-state index is 0.153. The van der Waals surface area contributed by atoms with E-state index in [-0.39, 0.29) is 11.4 Å². The summed E-state index contributed by atoms with van der Waals surface area (Å²) in [5.74, 6) is 0.844. The largest absolute Gasteiger partial charge is 0.486 e. The van der Waals surface area contributed by atoms with Crippen molar-refractivity contribution in [3.05, 3.63) is 36.2 Å². The summed E-state index contributed by atoms with van der Waals surface area (Å²) in [6, 6.07) is 5.81. The molecule has 1 fully saturated rings. The van der Waals surface area contributed by atoms with Gasteiger partial charge in [0.25, 0.3) is 0 Å². The molecule has 23 heavy (non-hydrogen) atoms. The first kappa shape index (κ1) is 14.7. The maximum atomic E-state index is 12.7. The summed E-state index contributed by atoms with van der Waals surface area (Å²) in [4.78, 5) is 12.7. The number of hydrogen-bond acceptors (Lipinski definition) is 4. The molecule has 6 heteroatoms. The van der Waals surface area contributed by atoms with E-state index >= 15 is 0 Å². The van der Waals surface area contributed by atoms with Crippen LogP contribution in [-0.4, -0.2) is 38.7 Å². The molecule has 2 aliphatic heterocycles. The van der Waals surface area contributed by atoms with Crippen molar-refractivity contribution < 1.29 is 9.53 Å². The first-order chi connectivity index (χ1) is 11.0. The summed E-state index contributed by atoms with van der Waals surface area (Å²) in [6.45, 7) is 1.50. The van der Waals surface area contributed by atoms with E-state index in [1.165, 1.54) is 0 Å². The van der Waals surface area contributed by atoms with Crippen molar-refractivity contribution in [2.75, 3.05) is 13.1 Å². The molecule has 0 aliphatic carbocycles. The van der Waals surface area contributed by atoms with Gasteiger partial charge in [-0.25, -0.2) is 4.42 Å². The van der Waals surface area contributed by atoms with Gasteiger partial charge in [-0.2, -0.15) is 5.10 Å². The molecular formula is C17H18ClN3O2. The molecule has 0 amide bonds. The fourth-order valence-corrected chi connectivity index (χ4v) is 3.58. The lowest BCUT2D eigenvalue weighted by atomic mass is 9.82. The van der Waals surface area contributed by atoms with Gasteiger partial charge >= 0.3 is 0 Å². The van der Waals surface area contributed by atoms with Crippen molar-refractivity contribution in [2.24, 2.45) is 7.05 Å². The van der Waals surface area contributed by atoms with Gasteiger partial charge in [-0.1, -0.05) is 6.07 Å². The van der Waals surface area contributed by atoms with Gasteiger partial charge in [0.2, 0.25) is 0 Å². The number of benzene rings is 1. The normalized spacial score (nSPS) is 20.3. The van der Waals surface area contributed by atoms with Crippen LogP contribution in [0.5, 0.6) is 5.75 Å². The van der Waals surface area contributed by atoms with Gasteiger partial charge in [-0.3, -0.25) is 9.48 Å². The van der Waals surface area contributed by atoms with Crippen molar-refractivity contribution in [3.63, 3.8) is 0 Å². The molecule has 0 radical (unpaired) electrons. The van der Waals surface area contributed by atoms with Crippen LogP contribution in [0.1, 0.15) is 29.6 Å². The Morgan fingerprint density at radius 3 is 2.74 bits per heavy atom. The number of carbonyl (C=O) groups excluding carboxylic acids is 1. The predicted molar refractivity (Wildman–Crippen MR) is 87.6 cm³/mol. The molecule has 5 nitrogen and oxygen atoms in total. The molecule has 0 unspecified atom stereocenters. The molecule has 2 aromatic rings. The van der Waals surface area contributed by atoms with Crippen LogP contribution in [0.4, 0.5) is 0 Å². The molecule has 4 rings (SSSR count). The lowest BCUT2D eigenvalue weighted by Crippen LogP contribution is -2.49. The molecule has 1 spiro atoms. The van der Waals surface area contributed by atoms with Gasteiger partial charge < -0.3 is 4.74 Å². The number of piperidine rings is 1. The molecule has 1 aromatic carbocycles. The van der Waals surface area contributed by atoms with Crippen LogP contribution >= 0.6 is 11.8 Å². The third kappa shape index (κ3) is 2.64. The number of halogens is 1. The van der Waals surface area contributed by atoms with Crippen molar-refractivity contribution in [2.45, 2.75) is 24.9 Å². The highest BCUT2D eigenvalue weighted by molar-refractivity contribution is 6.13. The molecule has 120 valence electrons. The van der Waals surface area contributed by atoms with Crippen LogP contribution < -0.4 is 4.74 Å². The SMILES string of the molecule is Cn1cc(-c2ccc3c(c2)C(=O)CC2(CCN(Cl)CC2)O3)cn1. The summed E-state index contributed by atoms with van der Waals surface area (Å²) < 4.78 is 9.76. The number of aromatic nitrogens is 2. The lowest BCUT2D eigenvalue weighted by molar-refractivity contribution is 0.00608. The Labute approximate surface area is 139 Å². The van der Waals surface area contributed by atoms with Crippen LogP contribution in [0, 0.1) is 0 Å². The van der Waals surface area contributed by atoms with E-state index in [9.17, 15) is 4.79 Å². The predicted octanol–water partition coefficient (Wildman–Crippen LogP) is 3.04. The zero-order valence-corrected chi connectivity index (χ0v) is 13.7. The quantitative estimate of drug-likeness (QED) is 0.754. The second-order valence-electron chi connectivity index (χ2n) is 6.41. The van der Waals surface area contributed by atoms with Crippen molar-refractivity contribution in [1.82, 2.24) is 14.2 Å². The molecule has 3 heterocycles. The van der Waals surface area contributed by atoms with Gasteiger partial charge in [0.1, 0.15) is 11.4 Å². The first-order valence-electron chi connectivity index (χ1n) is 7.81. The standard InChI is InChI=1S/C17H18ClN3O2/c1-20-11-13(10-19-20)12-2-3-16-14(8-12)15(22)9-17(23-16)4-6-21(18)7-5-17/h2-3,8,10-11H,4-7,9H2,1H3. The van der Waals surface area contributed by atoms with Crippen molar-refractivity contribution >= 4 is 17.6 Å². The lowest BCUT2D eigenvalue weighted by Gasteiger charge is -2.42. The topological polar surface area (TPSA) is 47.4 Å². The van der Waals surface area contributed by atoms with Gasteiger partial charge in [-0.05, 0) is 29.5 Å². The highest BCUT2D eigenvalue weighted by atomic mass is 35.5. The Kier molecular flexibility index (Phi) is 3.43. The number of nitrogens with zero attached hydrogens (tertiary/aromatic N) is 3. The van der Waals surface area contributed by atoms with Crippen LogP contribution in [0.2, 0.25) is 0 Å². The molecular weight excluding hydrogens is 314 g/mol. The molecule has 1 saturated heterocycles. The van der Waals surface area contributed by atoms with E-state index in [0.29, 0.717) is 17.7 Å². The second-order valence-corrected chi connectivity index (χ2v) is 6.89. The Balaban J connectivity index is 1.66. The zero-order chi connectivity index (χ0) is 16.0. The van der Waals surface area contributed by atoms with E-state index in [1.807, 2.05) is 31.4 Å². The van der Waals surface area contributed by atoms with E-state index in [4.69, 9.17) is 16.5 Å². The Morgan fingerprint density at radius 1 is 1.26 bits per heavy atom. The minimum atomic E-state index is -0.384. The number of aryl methyl sites for hydroxylation is 1. The average Bonchev–Trinajstić information content (AvgIpc) is 2.97. The van der Waals surface area contributed by atoms with Gasteiger partial charge in [0, 0.05) is 44.7 Å². The van der Waals surface area contributed by atoms with E-state index in [0.717, 1.165) is 37.1 Å². The summed E-state index contributed by atoms with van der Waals surface area (Å²) in [5, 5.41) is 4.18. The van der Waals surface area contributed by atoms with E-state index in [1.54, 1.807) is 15.3 Å². The van der Waals surface area contributed by atoms with Gasteiger partial charge in [-0.15, -0.1) is 0 Å². The van der Waals surface area contributed by atoms with Crippen LogP contribution in [0.25, 0.3) is 11.1 Å². The van der Waals surface area contributed by atoms with Crippen LogP contribution in [0.15, 0.2) is 30.6 Å². The summed E-state index contributed by atoms with van der Waals surface area (Å²) in [7, 11) is 1.88. The number of Topliss-reactive ketones (excluding diaryl/α,β-unsaturated/α-hetero) is 1. The van der Waals surface area contributed by atoms with Crippen LogP contribution in [0.3, 0.4) is 0 Å². The fourth-order valence-electron chi connectivity index (χ4n) is 3.41. The van der Waals surface area contributed by atoms with Gasteiger partial charge in [0.15, 0.2) is 5.78 Å². The molecule has 0 bridgehead atoms. The monoisotopic (exact) mass is 331 g/mol. The molecule has 1 aromatic heterocycles. The zero-order valence-electron chi connectivity index (χ0n) is 13.0. The maximum Gasteiger partial charge on any atom is 0.170 e. The first-order valence-corrected chi connectivity index (χ1v) is 8.15. The number of fused-ring (bicyclic) bond motifs is 1. The third-order valence-corrected chi connectivity index (χ3v) is 5.09. The summed E-state index contributed by atoms with van der Waals surface area (Å²) >= 11 is 6.03. The summed E-state index contributed by atoms with van der Waals surface area (Å²) in [6.07, 6.45) is 5.74. The fraction of sp³-hybridized carbons (Fsp3) is 0.412. The number of hydrogen-bond donors (Lipinski definition) is 0. The van der Waals surface area contributed by atoms with Crippen molar-refractivity contribution in [3.8, 4) is 16.9 Å². The van der Waals surface area contributed by atoms with E-state index < -0.39 is 0 Å². The summed E-state index contributed by atoms with van der Waals surface area (Å²) in [5.41, 5.74) is 2.27. The molecule has 0 atom stereocenters. The number of rotatable bonds is 1. The minimum Gasteiger partial charge on any atom is -0.486 e. The Morgan fingerprint density at radius 2 is 2.04 bits per heavy atom. The number of carbonyl (C=O) groups is 1. The number of ketones is 1. The highest BCUT2D eigenvalue weighted by Gasteiger charge is 2.42. The smallest absolute Gasteiger partial charge is 0.170 e. The average molecular weight is 332 g/mol. The van der Waals surface area contributed by atoms with Gasteiger partial charge in [0.05, 0.1) is 18.2 Å². The third-order valence-electron chi connectivity index (χ3n) is 4.75. The van der Waals surface area contributed by atoms with Crippen LogP contribution in [-0.2, 0) is 7.05 Å². The Bertz CT molecular complexity index is 763. The molecule has 0 N–H and O–H groups in total. The van der Waals surface area contributed by atoms with E-state index in [2.05, 4.69) is 5.10 Å². The molecule has 2 aliphatic rings.